The number of aromatic nitrogens is 2. The highest BCUT2D eigenvalue weighted by Gasteiger charge is 2.29. The Morgan fingerprint density at radius 1 is 0.786 bits per heavy atom. The number of hydrogen-bond donors (Lipinski definition) is 0. The van der Waals surface area contributed by atoms with Crippen molar-refractivity contribution in [1.82, 2.24) is 9.97 Å². The highest BCUT2D eigenvalue weighted by Crippen LogP contribution is 2.34. The second-order valence-corrected chi connectivity index (χ2v) is 11.6. The summed E-state index contributed by atoms with van der Waals surface area (Å²) >= 11 is 0. The van der Waals surface area contributed by atoms with E-state index in [1.807, 2.05) is 107 Å². The first-order valence-corrected chi connectivity index (χ1v) is 14.6. The third-order valence-electron chi connectivity index (χ3n) is 7.20. The number of anilines is 1. The summed E-state index contributed by atoms with van der Waals surface area (Å²) in [6.07, 6.45) is 1.51. The lowest BCUT2D eigenvalue weighted by Crippen LogP contribution is -2.39. The first-order valence-electron chi connectivity index (χ1n) is 14.6. The van der Waals surface area contributed by atoms with E-state index in [4.69, 9.17) is 24.2 Å². The molecule has 1 aliphatic rings. The summed E-state index contributed by atoms with van der Waals surface area (Å²) in [5.74, 6) is 1.73. The van der Waals surface area contributed by atoms with Crippen LogP contribution in [-0.2, 0) is 22.7 Å². The number of ether oxygens (including phenoxy) is 3. The van der Waals surface area contributed by atoms with E-state index in [-0.39, 0.29) is 11.9 Å². The first-order chi connectivity index (χ1) is 20.2. The summed E-state index contributed by atoms with van der Waals surface area (Å²) in [5.41, 5.74) is 4.35. The summed E-state index contributed by atoms with van der Waals surface area (Å²) in [7, 11) is 0. The Kier molecular flexibility index (Phi) is 9.06. The molecule has 3 heterocycles. The van der Waals surface area contributed by atoms with Crippen molar-refractivity contribution in [1.29, 1.82) is 0 Å². The number of esters is 1. The van der Waals surface area contributed by atoms with Gasteiger partial charge in [0, 0.05) is 36.0 Å². The van der Waals surface area contributed by atoms with E-state index >= 15 is 0 Å². The van der Waals surface area contributed by atoms with E-state index in [0.717, 1.165) is 59.7 Å². The van der Waals surface area contributed by atoms with E-state index in [9.17, 15) is 4.79 Å². The number of hydrogen-bond acceptors (Lipinski definition) is 7. The van der Waals surface area contributed by atoms with E-state index in [0.29, 0.717) is 25.0 Å². The van der Waals surface area contributed by atoms with Crippen LogP contribution < -0.4 is 14.4 Å². The van der Waals surface area contributed by atoms with Crippen LogP contribution in [0.1, 0.15) is 50.4 Å². The van der Waals surface area contributed by atoms with Gasteiger partial charge >= 0.3 is 5.97 Å². The van der Waals surface area contributed by atoms with Gasteiger partial charge in [-0.25, -0.2) is 4.98 Å². The van der Waals surface area contributed by atoms with Crippen molar-refractivity contribution in [2.45, 2.75) is 59.4 Å². The Morgan fingerprint density at radius 3 is 1.98 bits per heavy atom. The molecule has 2 aromatic carbocycles. The second kappa shape index (κ2) is 13.1. The van der Waals surface area contributed by atoms with Gasteiger partial charge in [0.05, 0.1) is 5.92 Å². The van der Waals surface area contributed by atoms with Crippen molar-refractivity contribution in [2.75, 3.05) is 18.0 Å². The molecule has 0 bridgehead atoms. The van der Waals surface area contributed by atoms with Gasteiger partial charge < -0.3 is 19.1 Å². The molecule has 0 N–H and O–H groups in total. The van der Waals surface area contributed by atoms with Crippen molar-refractivity contribution in [3.8, 4) is 22.9 Å². The maximum atomic E-state index is 12.5. The molecule has 0 radical (unpaired) electrons. The second-order valence-electron chi connectivity index (χ2n) is 11.6. The van der Waals surface area contributed by atoms with Gasteiger partial charge in [0.25, 0.3) is 0 Å². The molecule has 7 nitrogen and oxygen atoms in total. The standard InChI is InChI=1S/C35H39N3O4/c1-25-29(15-17-31(36-25)38-21-19-28(20-22-38)34(39)42-35(2,3)4)30-16-18-32(40-23-26-11-7-5-8-12-26)37-33(30)41-24-27-13-9-6-10-14-27/h5-18,28H,19-24H2,1-4H3. The molecule has 0 unspecified atom stereocenters. The maximum Gasteiger partial charge on any atom is 0.309 e. The van der Waals surface area contributed by atoms with Crippen molar-refractivity contribution in [2.24, 2.45) is 5.92 Å². The molecule has 1 fully saturated rings. The van der Waals surface area contributed by atoms with Crippen molar-refractivity contribution < 1.29 is 19.0 Å². The molecule has 1 saturated heterocycles. The molecular weight excluding hydrogens is 526 g/mol. The van der Waals surface area contributed by atoms with Crippen molar-refractivity contribution in [3.63, 3.8) is 0 Å². The quantitative estimate of drug-likeness (QED) is 0.199. The molecule has 1 aliphatic heterocycles. The molecule has 0 atom stereocenters. The number of piperidine rings is 1. The SMILES string of the molecule is Cc1nc(N2CCC(C(=O)OC(C)(C)C)CC2)ccc1-c1ccc(OCc2ccccc2)nc1OCc1ccccc1. The molecule has 7 heteroatoms. The Hall–Kier alpha value is -4.39. The van der Waals surface area contributed by atoms with E-state index in [2.05, 4.69) is 11.0 Å². The number of pyridine rings is 2. The minimum absolute atomic E-state index is 0.0705. The number of benzene rings is 2. The van der Waals surface area contributed by atoms with Crippen LogP contribution in [0, 0.1) is 12.8 Å². The van der Waals surface area contributed by atoms with Crippen LogP contribution in [0.15, 0.2) is 84.9 Å². The largest absolute Gasteiger partial charge is 0.473 e. The van der Waals surface area contributed by atoms with Crippen LogP contribution in [0.3, 0.4) is 0 Å². The number of rotatable bonds is 9. The van der Waals surface area contributed by atoms with E-state index in [1.165, 1.54) is 0 Å². The fourth-order valence-corrected chi connectivity index (χ4v) is 5.01. The summed E-state index contributed by atoms with van der Waals surface area (Å²) in [6.45, 7) is 10.1. The number of aryl methyl sites for hydroxylation is 1. The Labute approximate surface area is 248 Å². The minimum atomic E-state index is -0.465. The number of carbonyl (C=O) groups excluding carboxylic acids is 1. The zero-order valence-corrected chi connectivity index (χ0v) is 24.9. The third-order valence-corrected chi connectivity index (χ3v) is 7.20. The normalized spacial score (nSPS) is 14.0. The van der Waals surface area contributed by atoms with Gasteiger partial charge in [-0.05, 0) is 69.9 Å². The lowest BCUT2D eigenvalue weighted by molar-refractivity contribution is -0.160. The van der Waals surface area contributed by atoms with Gasteiger partial charge in [-0.1, -0.05) is 60.7 Å². The molecule has 42 heavy (non-hydrogen) atoms. The molecule has 218 valence electrons. The average molecular weight is 566 g/mol. The Bertz CT molecular complexity index is 1480. The topological polar surface area (TPSA) is 73.8 Å². The summed E-state index contributed by atoms with van der Waals surface area (Å²) in [5, 5.41) is 0. The highest BCUT2D eigenvalue weighted by molar-refractivity contribution is 5.74. The third kappa shape index (κ3) is 7.66. The summed E-state index contributed by atoms with van der Waals surface area (Å²) in [4.78, 5) is 24.5. The molecule has 0 aliphatic carbocycles. The van der Waals surface area contributed by atoms with Gasteiger partial charge in [0.2, 0.25) is 11.8 Å². The molecule has 0 saturated carbocycles. The van der Waals surface area contributed by atoms with Crippen molar-refractivity contribution in [3.05, 3.63) is 102 Å². The van der Waals surface area contributed by atoms with Crippen LogP contribution in [0.25, 0.3) is 11.1 Å². The molecule has 0 amide bonds. The Balaban J connectivity index is 1.32. The van der Waals surface area contributed by atoms with E-state index < -0.39 is 5.60 Å². The van der Waals surface area contributed by atoms with Gasteiger partial charge in [-0.15, -0.1) is 0 Å². The number of nitrogens with zero attached hydrogens (tertiary/aromatic N) is 3. The fraction of sp³-hybridized carbons (Fsp3) is 0.343. The van der Waals surface area contributed by atoms with Crippen LogP contribution in [0.4, 0.5) is 5.82 Å². The van der Waals surface area contributed by atoms with Crippen molar-refractivity contribution >= 4 is 11.8 Å². The van der Waals surface area contributed by atoms with Crippen LogP contribution in [-0.4, -0.2) is 34.6 Å². The van der Waals surface area contributed by atoms with Crippen LogP contribution in [0.2, 0.25) is 0 Å². The zero-order chi connectivity index (χ0) is 29.5. The van der Waals surface area contributed by atoms with Gasteiger partial charge in [-0.3, -0.25) is 4.79 Å². The zero-order valence-electron chi connectivity index (χ0n) is 24.9. The van der Waals surface area contributed by atoms with Crippen LogP contribution >= 0.6 is 0 Å². The summed E-state index contributed by atoms with van der Waals surface area (Å²) < 4.78 is 17.9. The fourth-order valence-electron chi connectivity index (χ4n) is 5.01. The first kappa shape index (κ1) is 29.1. The lowest BCUT2D eigenvalue weighted by atomic mass is 9.96. The Morgan fingerprint density at radius 2 is 1.38 bits per heavy atom. The monoisotopic (exact) mass is 565 g/mol. The van der Waals surface area contributed by atoms with Crippen LogP contribution in [0.5, 0.6) is 11.8 Å². The van der Waals surface area contributed by atoms with Gasteiger partial charge in [0.15, 0.2) is 0 Å². The molecule has 4 aromatic rings. The average Bonchev–Trinajstić information content (AvgIpc) is 2.99. The molecule has 5 rings (SSSR count). The smallest absolute Gasteiger partial charge is 0.309 e. The van der Waals surface area contributed by atoms with E-state index in [1.54, 1.807) is 0 Å². The predicted octanol–water partition coefficient (Wildman–Crippen LogP) is 7.17. The predicted molar refractivity (Wildman–Crippen MR) is 165 cm³/mol. The maximum absolute atomic E-state index is 12.5. The number of carbonyl (C=O) groups is 1. The van der Waals surface area contributed by atoms with Gasteiger partial charge in [0.1, 0.15) is 24.6 Å². The highest BCUT2D eigenvalue weighted by atomic mass is 16.6. The summed E-state index contributed by atoms with van der Waals surface area (Å²) in [6, 6.07) is 28.0. The lowest BCUT2D eigenvalue weighted by Gasteiger charge is -2.33. The molecule has 2 aromatic heterocycles. The minimum Gasteiger partial charge on any atom is -0.473 e. The van der Waals surface area contributed by atoms with Gasteiger partial charge in [-0.2, -0.15) is 4.98 Å². The molecule has 0 spiro atoms. The molecular formula is C35H39N3O4.